The maximum Gasteiger partial charge on any atom is 0.122 e. The quantitative estimate of drug-likeness (QED) is 0.867. The summed E-state index contributed by atoms with van der Waals surface area (Å²) in [6.07, 6.45) is 0.822. The highest BCUT2D eigenvalue weighted by Crippen LogP contribution is 2.20. The molecule has 1 heterocycles. The van der Waals surface area contributed by atoms with E-state index in [-0.39, 0.29) is 6.10 Å². The van der Waals surface area contributed by atoms with Gasteiger partial charge in [-0.05, 0) is 60.4 Å². The van der Waals surface area contributed by atoms with E-state index in [0.717, 1.165) is 6.42 Å². The van der Waals surface area contributed by atoms with Crippen molar-refractivity contribution in [3.8, 4) is 5.75 Å². The Hall–Kier alpha value is -1.03. The molecule has 0 aliphatic rings. The molecule has 1 aromatic carbocycles. The van der Waals surface area contributed by atoms with Crippen LogP contribution in [0.2, 0.25) is 5.02 Å². The number of hydrogen-bond acceptors (Lipinski definition) is 3. The van der Waals surface area contributed by atoms with Crippen molar-refractivity contribution in [1.29, 1.82) is 0 Å². The third-order valence-electron chi connectivity index (χ3n) is 2.97. The van der Waals surface area contributed by atoms with Crippen LogP contribution in [0.3, 0.4) is 0 Å². The van der Waals surface area contributed by atoms with E-state index in [9.17, 15) is 5.11 Å². The number of benzene rings is 1. The van der Waals surface area contributed by atoms with Gasteiger partial charge in [0.25, 0.3) is 0 Å². The summed E-state index contributed by atoms with van der Waals surface area (Å²) in [5.74, 6) is 0.689. The fraction of sp³-hybridized carbons (Fsp3) is 0.333. The normalized spacial score (nSPS) is 14.1. The number of aliphatic hydroxyl groups is 1. The molecule has 2 aromatic rings. The van der Waals surface area contributed by atoms with Crippen LogP contribution >= 0.6 is 22.9 Å². The smallest absolute Gasteiger partial charge is 0.122 e. The molecule has 4 heteroatoms. The van der Waals surface area contributed by atoms with Crippen molar-refractivity contribution in [2.24, 2.45) is 0 Å². The summed E-state index contributed by atoms with van der Waals surface area (Å²) >= 11 is 7.57. The van der Waals surface area contributed by atoms with E-state index in [2.05, 4.69) is 11.4 Å². The van der Waals surface area contributed by atoms with Gasteiger partial charge in [-0.3, -0.25) is 0 Å². The van der Waals surface area contributed by atoms with Crippen LogP contribution in [-0.2, 0) is 6.42 Å². The van der Waals surface area contributed by atoms with E-state index >= 15 is 0 Å². The number of halogens is 1. The first kappa shape index (κ1) is 14.4. The molecule has 0 amide bonds. The first-order valence-electron chi connectivity index (χ1n) is 6.26. The van der Waals surface area contributed by atoms with Crippen molar-refractivity contribution in [3.05, 3.63) is 51.7 Å². The third kappa shape index (κ3) is 4.53. The Kier molecular flexibility index (Phi) is 5.25. The first-order chi connectivity index (χ1) is 9.15. The van der Waals surface area contributed by atoms with E-state index in [1.165, 1.54) is 5.56 Å². The number of rotatable bonds is 6. The van der Waals surface area contributed by atoms with Crippen molar-refractivity contribution in [2.45, 2.75) is 32.0 Å². The van der Waals surface area contributed by atoms with Gasteiger partial charge in [0, 0.05) is 5.02 Å². The molecular weight excluding hydrogens is 280 g/mol. The second-order valence-electron chi connectivity index (χ2n) is 4.52. The van der Waals surface area contributed by atoms with E-state index < -0.39 is 6.10 Å². The van der Waals surface area contributed by atoms with Crippen molar-refractivity contribution in [1.82, 2.24) is 0 Å². The molecule has 2 nitrogen and oxygen atoms in total. The molecule has 1 aromatic heterocycles. The molecule has 0 saturated heterocycles. The maximum atomic E-state index is 10.1. The minimum Gasteiger partial charge on any atom is -0.488 e. The van der Waals surface area contributed by atoms with Crippen molar-refractivity contribution in [2.75, 3.05) is 0 Å². The Balaban J connectivity index is 1.83. The average Bonchev–Trinajstić information content (AvgIpc) is 2.89. The minimum atomic E-state index is -0.487. The second-order valence-corrected chi connectivity index (χ2v) is 5.73. The summed E-state index contributed by atoms with van der Waals surface area (Å²) in [4.78, 5) is 0. The van der Waals surface area contributed by atoms with Crippen LogP contribution < -0.4 is 4.74 Å². The molecule has 0 bridgehead atoms. The van der Waals surface area contributed by atoms with Crippen LogP contribution in [0, 0.1) is 0 Å². The molecule has 2 rings (SSSR count). The summed E-state index contributed by atoms with van der Waals surface area (Å²) in [5.41, 5.74) is 1.26. The number of aliphatic hydroxyl groups excluding tert-OH is 1. The Morgan fingerprint density at radius 1 is 1.37 bits per heavy atom. The predicted molar refractivity (Wildman–Crippen MR) is 80.2 cm³/mol. The Morgan fingerprint density at radius 2 is 2.21 bits per heavy atom. The van der Waals surface area contributed by atoms with Gasteiger partial charge in [0.1, 0.15) is 11.9 Å². The maximum absolute atomic E-state index is 10.1. The summed E-state index contributed by atoms with van der Waals surface area (Å²) < 4.78 is 5.70. The van der Waals surface area contributed by atoms with Gasteiger partial charge in [0.15, 0.2) is 0 Å². The lowest BCUT2D eigenvalue weighted by Crippen LogP contribution is -2.29. The van der Waals surface area contributed by atoms with Crippen LogP contribution in [0.1, 0.15) is 18.9 Å². The van der Waals surface area contributed by atoms with E-state index in [1.807, 2.05) is 24.4 Å². The van der Waals surface area contributed by atoms with Gasteiger partial charge in [-0.25, -0.2) is 0 Å². The first-order valence-corrected chi connectivity index (χ1v) is 7.58. The summed E-state index contributed by atoms with van der Waals surface area (Å²) in [7, 11) is 0. The van der Waals surface area contributed by atoms with Gasteiger partial charge in [-0.1, -0.05) is 17.7 Å². The summed E-state index contributed by atoms with van der Waals surface area (Å²) in [6.45, 7) is 1.87. The molecule has 0 aliphatic heterocycles. The molecule has 0 saturated carbocycles. The number of ether oxygens (including phenoxy) is 1. The highest BCUT2D eigenvalue weighted by atomic mass is 35.5. The highest BCUT2D eigenvalue weighted by Gasteiger charge is 2.16. The van der Waals surface area contributed by atoms with Crippen LogP contribution in [0.15, 0.2) is 41.1 Å². The van der Waals surface area contributed by atoms with Gasteiger partial charge in [0.05, 0.1) is 6.10 Å². The molecule has 2 unspecified atom stereocenters. The van der Waals surface area contributed by atoms with Crippen LogP contribution in [0.25, 0.3) is 0 Å². The zero-order chi connectivity index (χ0) is 13.7. The molecule has 19 heavy (non-hydrogen) atoms. The minimum absolute atomic E-state index is 0.253. The van der Waals surface area contributed by atoms with Crippen molar-refractivity contribution < 1.29 is 9.84 Å². The topological polar surface area (TPSA) is 29.5 Å². The predicted octanol–water partition coefficient (Wildman–Crippen LogP) is 4.16. The SMILES string of the molecule is CC(Oc1cccc(Cl)c1)C(O)CCc1ccsc1. The number of thiophene rings is 1. The fourth-order valence-corrected chi connectivity index (χ4v) is 2.70. The van der Waals surface area contributed by atoms with Crippen LogP contribution in [0.4, 0.5) is 0 Å². The standard InChI is InChI=1S/C15H17ClO2S/c1-11(18-14-4-2-3-13(16)9-14)15(17)6-5-12-7-8-19-10-12/h2-4,7-11,15,17H,5-6H2,1H3. The molecule has 0 radical (unpaired) electrons. The second kappa shape index (κ2) is 6.94. The molecule has 1 N–H and O–H groups in total. The molecule has 0 spiro atoms. The average molecular weight is 297 g/mol. The van der Waals surface area contributed by atoms with Crippen LogP contribution in [-0.4, -0.2) is 17.3 Å². The molecule has 0 fully saturated rings. The Labute approximate surface area is 122 Å². The van der Waals surface area contributed by atoms with Crippen LogP contribution in [0.5, 0.6) is 5.75 Å². The van der Waals surface area contributed by atoms with E-state index in [4.69, 9.17) is 16.3 Å². The lowest BCUT2D eigenvalue weighted by Gasteiger charge is -2.20. The van der Waals surface area contributed by atoms with Gasteiger partial charge in [-0.15, -0.1) is 0 Å². The molecular formula is C15H17ClO2S. The lowest BCUT2D eigenvalue weighted by atomic mass is 10.1. The lowest BCUT2D eigenvalue weighted by molar-refractivity contribution is 0.0420. The molecule has 2 atom stereocenters. The van der Waals surface area contributed by atoms with E-state index in [1.54, 1.807) is 23.5 Å². The van der Waals surface area contributed by atoms with Gasteiger partial charge < -0.3 is 9.84 Å². The Morgan fingerprint density at radius 3 is 2.89 bits per heavy atom. The van der Waals surface area contributed by atoms with Crippen molar-refractivity contribution >= 4 is 22.9 Å². The highest BCUT2D eigenvalue weighted by molar-refractivity contribution is 7.07. The molecule has 102 valence electrons. The monoisotopic (exact) mass is 296 g/mol. The van der Waals surface area contributed by atoms with Crippen molar-refractivity contribution in [3.63, 3.8) is 0 Å². The summed E-state index contributed by atoms with van der Waals surface area (Å²) in [5, 5.41) is 14.9. The number of hydrogen-bond donors (Lipinski definition) is 1. The largest absolute Gasteiger partial charge is 0.488 e. The van der Waals surface area contributed by atoms with Gasteiger partial charge >= 0.3 is 0 Å². The molecule has 0 aliphatic carbocycles. The zero-order valence-corrected chi connectivity index (χ0v) is 12.3. The van der Waals surface area contributed by atoms with Gasteiger partial charge in [-0.2, -0.15) is 11.3 Å². The number of aryl methyl sites for hydroxylation is 1. The Bertz CT molecular complexity index is 499. The zero-order valence-electron chi connectivity index (χ0n) is 10.8. The van der Waals surface area contributed by atoms with Gasteiger partial charge in [0.2, 0.25) is 0 Å². The fourth-order valence-electron chi connectivity index (χ4n) is 1.82. The summed E-state index contributed by atoms with van der Waals surface area (Å²) in [6, 6.07) is 9.31. The van der Waals surface area contributed by atoms with E-state index in [0.29, 0.717) is 17.2 Å². The third-order valence-corrected chi connectivity index (χ3v) is 3.94.